The molecule has 0 aliphatic rings. The van der Waals surface area contributed by atoms with Crippen molar-refractivity contribution in [1.82, 2.24) is 0 Å². The Morgan fingerprint density at radius 3 is 2.58 bits per heavy atom. The summed E-state index contributed by atoms with van der Waals surface area (Å²) in [4.78, 5) is 23.9. The minimum absolute atomic E-state index is 0.140. The number of ether oxygens (including phenoxy) is 2. The molecular weight excluding hydrogens is 266 g/mol. The third kappa shape index (κ3) is 3.48. The first-order valence-electron chi connectivity index (χ1n) is 5.58. The lowest BCUT2D eigenvalue weighted by Crippen LogP contribution is -2.12. The van der Waals surface area contributed by atoms with Gasteiger partial charge in [-0.3, -0.25) is 0 Å². The van der Waals surface area contributed by atoms with Crippen LogP contribution in [-0.2, 0) is 9.47 Å². The summed E-state index contributed by atoms with van der Waals surface area (Å²) in [6.07, 6.45) is 4.77. The van der Waals surface area contributed by atoms with E-state index in [2.05, 4.69) is 5.92 Å². The summed E-state index contributed by atoms with van der Waals surface area (Å²) in [5.41, 5.74) is 6.37. The standard InChI is InChI=1S/C13H15NO4S/c1-5-6-17-12(15)9-8(4)10(19-11(9)14)13(16)18-7(2)3/h1,7H,6,14H2,2-4H3. The van der Waals surface area contributed by atoms with E-state index in [-0.39, 0.29) is 23.3 Å². The molecule has 0 saturated heterocycles. The van der Waals surface area contributed by atoms with E-state index in [1.54, 1.807) is 20.8 Å². The minimum Gasteiger partial charge on any atom is -0.459 e. The van der Waals surface area contributed by atoms with Gasteiger partial charge < -0.3 is 15.2 Å². The van der Waals surface area contributed by atoms with E-state index in [0.717, 1.165) is 11.3 Å². The number of hydrogen-bond acceptors (Lipinski definition) is 6. The Morgan fingerprint density at radius 2 is 2.05 bits per heavy atom. The highest BCUT2D eigenvalue weighted by Crippen LogP contribution is 2.31. The number of rotatable bonds is 4. The number of carbonyl (C=O) groups excluding carboxylic acids is 2. The normalized spacial score (nSPS) is 10.1. The predicted molar refractivity (Wildman–Crippen MR) is 73.1 cm³/mol. The van der Waals surface area contributed by atoms with Gasteiger partial charge in [0.15, 0.2) is 6.61 Å². The molecule has 0 spiro atoms. The predicted octanol–water partition coefficient (Wildman–Crippen LogP) is 1.99. The van der Waals surface area contributed by atoms with Gasteiger partial charge >= 0.3 is 11.9 Å². The van der Waals surface area contributed by atoms with Crippen LogP contribution in [-0.4, -0.2) is 24.6 Å². The molecule has 0 aromatic carbocycles. The number of nitrogen functional groups attached to an aromatic ring is 1. The Morgan fingerprint density at radius 1 is 1.42 bits per heavy atom. The molecule has 0 bridgehead atoms. The van der Waals surface area contributed by atoms with E-state index in [4.69, 9.17) is 21.6 Å². The molecule has 19 heavy (non-hydrogen) atoms. The lowest BCUT2D eigenvalue weighted by Gasteiger charge is -2.07. The van der Waals surface area contributed by atoms with Gasteiger partial charge in [-0.05, 0) is 26.3 Å². The van der Waals surface area contributed by atoms with Crippen LogP contribution in [0.1, 0.15) is 39.4 Å². The maximum absolute atomic E-state index is 11.8. The first-order valence-corrected chi connectivity index (χ1v) is 6.40. The van der Waals surface area contributed by atoms with Gasteiger partial charge in [0.2, 0.25) is 0 Å². The average molecular weight is 281 g/mol. The summed E-state index contributed by atoms with van der Waals surface area (Å²) in [5, 5.41) is 0.218. The molecule has 0 fully saturated rings. The number of hydrogen-bond donors (Lipinski definition) is 1. The average Bonchev–Trinajstić information content (AvgIpc) is 2.61. The van der Waals surface area contributed by atoms with Crippen molar-refractivity contribution in [1.29, 1.82) is 0 Å². The highest BCUT2D eigenvalue weighted by atomic mass is 32.1. The summed E-state index contributed by atoms with van der Waals surface area (Å²) in [5.74, 6) is 1.06. The highest BCUT2D eigenvalue weighted by molar-refractivity contribution is 7.18. The Kier molecular flexibility index (Phi) is 4.95. The maximum Gasteiger partial charge on any atom is 0.348 e. The first-order chi connectivity index (χ1) is 8.88. The number of thiophene rings is 1. The van der Waals surface area contributed by atoms with E-state index in [9.17, 15) is 9.59 Å². The zero-order valence-electron chi connectivity index (χ0n) is 11.0. The van der Waals surface area contributed by atoms with Gasteiger partial charge in [0.1, 0.15) is 9.88 Å². The quantitative estimate of drug-likeness (QED) is 0.674. The second kappa shape index (κ2) is 6.25. The van der Waals surface area contributed by atoms with Gasteiger partial charge in [0, 0.05) is 0 Å². The number of carbonyl (C=O) groups is 2. The van der Waals surface area contributed by atoms with E-state index < -0.39 is 11.9 Å². The smallest absolute Gasteiger partial charge is 0.348 e. The van der Waals surface area contributed by atoms with Crippen LogP contribution >= 0.6 is 11.3 Å². The minimum atomic E-state index is -0.632. The Labute approximate surface area is 115 Å². The number of esters is 2. The van der Waals surface area contributed by atoms with Crippen LogP contribution < -0.4 is 5.73 Å². The van der Waals surface area contributed by atoms with Crippen LogP contribution in [0.25, 0.3) is 0 Å². The summed E-state index contributed by atoms with van der Waals surface area (Å²) in [6.45, 7) is 4.97. The topological polar surface area (TPSA) is 78.6 Å². The highest BCUT2D eigenvalue weighted by Gasteiger charge is 2.25. The second-order valence-corrected chi connectivity index (χ2v) is 5.08. The molecule has 5 nitrogen and oxygen atoms in total. The molecule has 0 unspecified atom stereocenters. The second-order valence-electron chi connectivity index (χ2n) is 4.03. The number of terminal acetylenes is 1. The van der Waals surface area contributed by atoms with Gasteiger partial charge in [0.25, 0.3) is 0 Å². The van der Waals surface area contributed by atoms with Crippen LogP contribution in [0.4, 0.5) is 5.00 Å². The molecule has 1 aromatic rings. The summed E-state index contributed by atoms with van der Waals surface area (Å²) < 4.78 is 9.89. The fraction of sp³-hybridized carbons (Fsp3) is 0.385. The molecule has 0 radical (unpaired) electrons. The van der Waals surface area contributed by atoms with Crippen LogP contribution in [0, 0.1) is 19.3 Å². The largest absolute Gasteiger partial charge is 0.459 e. The van der Waals surface area contributed by atoms with Crippen molar-refractivity contribution in [3.8, 4) is 12.3 Å². The zero-order valence-corrected chi connectivity index (χ0v) is 11.8. The van der Waals surface area contributed by atoms with Gasteiger partial charge in [-0.1, -0.05) is 5.92 Å². The fourth-order valence-electron chi connectivity index (χ4n) is 1.43. The molecule has 102 valence electrons. The third-order valence-electron chi connectivity index (χ3n) is 2.19. The molecule has 2 N–H and O–H groups in total. The van der Waals surface area contributed by atoms with Crippen molar-refractivity contribution < 1.29 is 19.1 Å². The fourth-order valence-corrected chi connectivity index (χ4v) is 2.38. The summed E-state index contributed by atoms with van der Waals surface area (Å²) in [6, 6.07) is 0. The lowest BCUT2D eigenvalue weighted by atomic mass is 10.1. The Balaban J connectivity index is 3.04. The van der Waals surface area contributed by atoms with Gasteiger partial charge in [-0.2, -0.15) is 0 Å². The molecular formula is C13H15NO4S. The molecule has 1 rings (SSSR count). The van der Waals surface area contributed by atoms with Crippen LogP contribution in [0.5, 0.6) is 0 Å². The molecule has 1 aromatic heterocycles. The summed E-state index contributed by atoms with van der Waals surface area (Å²) in [7, 11) is 0. The Bertz CT molecular complexity index is 540. The molecule has 0 aliphatic carbocycles. The van der Waals surface area contributed by atoms with Crippen molar-refractivity contribution in [2.75, 3.05) is 12.3 Å². The Hall–Kier alpha value is -2.00. The first kappa shape index (κ1) is 15.1. The number of anilines is 1. The monoisotopic (exact) mass is 281 g/mol. The van der Waals surface area contributed by atoms with Gasteiger partial charge in [-0.15, -0.1) is 17.8 Å². The van der Waals surface area contributed by atoms with E-state index in [0.29, 0.717) is 10.4 Å². The van der Waals surface area contributed by atoms with Crippen molar-refractivity contribution in [3.63, 3.8) is 0 Å². The molecule has 6 heteroatoms. The molecule has 0 atom stereocenters. The van der Waals surface area contributed by atoms with Crippen molar-refractivity contribution in [2.24, 2.45) is 0 Å². The molecule has 0 amide bonds. The SMILES string of the molecule is C#CCOC(=O)c1c(N)sc(C(=O)OC(C)C)c1C. The molecule has 0 saturated carbocycles. The van der Waals surface area contributed by atoms with Gasteiger partial charge in [0.05, 0.1) is 11.7 Å². The van der Waals surface area contributed by atoms with Crippen molar-refractivity contribution in [2.45, 2.75) is 26.9 Å². The van der Waals surface area contributed by atoms with Gasteiger partial charge in [-0.25, -0.2) is 9.59 Å². The van der Waals surface area contributed by atoms with Crippen LogP contribution in [0.15, 0.2) is 0 Å². The van der Waals surface area contributed by atoms with E-state index in [1.165, 1.54) is 0 Å². The van der Waals surface area contributed by atoms with E-state index >= 15 is 0 Å². The number of nitrogens with two attached hydrogens (primary N) is 1. The van der Waals surface area contributed by atoms with Crippen LogP contribution in [0.3, 0.4) is 0 Å². The lowest BCUT2D eigenvalue weighted by molar-refractivity contribution is 0.0383. The van der Waals surface area contributed by atoms with Crippen LogP contribution in [0.2, 0.25) is 0 Å². The maximum atomic E-state index is 11.8. The van der Waals surface area contributed by atoms with E-state index in [1.807, 2.05) is 0 Å². The summed E-state index contributed by atoms with van der Waals surface area (Å²) >= 11 is 1.00. The zero-order chi connectivity index (χ0) is 14.6. The third-order valence-corrected chi connectivity index (χ3v) is 3.29. The molecule has 0 aliphatic heterocycles. The van der Waals surface area contributed by atoms with Crippen molar-refractivity contribution >= 4 is 28.3 Å². The van der Waals surface area contributed by atoms with Crippen molar-refractivity contribution in [3.05, 3.63) is 16.0 Å². The molecule has 1 heterocycles.